The van der Waals surface area contributed by atoms with Gasteiger partial charge in [-0.1, -0.05) is 48.9 Å². The Morgan fingerprint density at radius 1 is 0.840 bits per heavy atom. The van der Waals surface area contributed by atoms with Crippen molar-refractivity contribution in [3.63, 3.8) is 0 Å². The van der Waals surface area contributed by atoms with Gasteiger partial charge in [-0.2, -0.15) is 0 Å². The molecule has 4 aliphatic heterocycles. The number of nitrogens with zero attached hydrogens (tertiary/aromatic N) is 5. The third-order valence-electron chi connectivity index (χ3n) is 12.3. The Morgan fingerprint density at radius 3 is 2.24 bits per heavy atom. The first-order valence-corrected chi connectivity index (χ1v) is 19.3. The lowest BCUT2D eigenvalue weighted by Crippen LogP contribution is -2.54. The maximum Gasteiger partial charge on any atom is 0.252 e. The number of carbonyl (C=O) groups excluding carboxylic acids is 3. The maximum atomic E-state index is 15.2. The fraction of sp³-hybridized carbons (Fsp3) is 0.625. The third-order valence-corrected chi connectivity index (χ3v) is 12.5. The number of piperazine rings is 1. The Morgan fingerprint density at radius 2 is 1.56 bits per heavy atom. The van der Waals surface area contributed by atoms with E-state index in [1.165, 1.54) is 5.56 Å². The monoisotopic (exact) mass is 703 g/mol. The molecule has 2 aromatic rings. The highest BCUT2D eigenvalue weighted by Crippen LogP contribution is 2.41. The molecule has 5 aliphatic rings. The molecule has 0 radical (unpaired) electrons. The first-order valence-electron chi connectivity index (χ1n) is 19.0. The van der Waals surface area contributed by atoms with Crippen LogP contribution in [-0.2, 0) is 19.1 Å². The summed E-state index contributed by atoms with van der Waals surface area (Å²) in [5.74, 6) is 0.308. The molecular weight excluding hydrogens is 650 g/mol. The van der Waals surface area contributed by atoms with Gasteiger partial charge in [0.05, 0.1) is 12.0 Å². The van der Waals surface area contributed by atoms with E-state index in [1.54, 1.807) is 0 Å². The van der Waals surface area contributed by atoms with Gasteiger partial charge in [-0.15, -0.1) is 0 Å². The van der Waals surface area contributed by atoms with Gasteiger partial charge in [-0.3, -0.25) is 14.4 Å². The Labute approximate surface area is 302 Å². The first-order chi connectivity index (χ1) is 24.2. The zero-order valence-electron chi connectivity index (χ0n) is 30.0. The predicted octanol–water partition coefficient (Wildman–Crippen LogP) is 5.20. The number of halogens is 1. The molecule has 2 aromatic carbocycles. The van der Waals surface area contributed by atoms with Gasteiger partial charge in [0, 0.05) is 75.1 Å². The van der Waals surface area contributed by atoms with Gasteiger partial charge in [0.25, 0.3) is 5.91 Å². The maximum absolute atomic E-state index is 15.2. The summed E-state index contributed by atoms with van der Waals surface area (Å²) in [5, 5.41) is 0.665. The Hall–Kier alpha value is -3.14. The van der Waals surface area contributed by atoms with E-state index in [0.29, 0.717) is 56.7 Å². The topological polar surface area (TPSA) is 76.6 Å². The molecule has 0 N–H and O–H groups in total. The minimum Gasteiger partial charge on any atom is -0.370 e. The summed E-state index contributed by atoms with van der Waals surface area (Å²) < 4.78 is 5.97. The van der Waals surface area contributed by atoms with Crippen LogP contribution in [0.1, 0.15) is 68.9 Å². The van der Waals surface area contributed by atoms with Crippen LogP contribution in [-0.4, -0.2) is 121 Å². The largest absolute Gasteiger partial charge is 0.370 e. The zero-order valence-corrected chi connectivity index (χ0v) is 30.8. The molecule has 3 amide bonds. The van der Waals surface area contributed by atoms with Crippen LogP contribution in [0.3, 0.4) is 0 Å². The van der Waals surface area contributed by atoms with Crippen LogP contribution in [0.4, 0.5) is 5.69 Å². The summed E-state index contributed by atoms with van der Waals surface area (Å²) in [6.07, 6.45) is 5.73. The van der Waals surface area contributed by atoms with E-state index in [9.17, 15) is 9.59 Å². The highest BCUT2D eigenvalue weighted by atomic mass is 35.5. The van der Waals surface area contributed by atoms with Crippen LogP contribution in [0.5, 0.6) is 0 Å². The Balaban J connectivity index is 1.22. The van der Waals surface area contributed by atoms with Crippen molar-refractivity contribution in [3.8, 4) is 0 Å². The van der Waals surface area contributed by atoms with Gasteiger partial charge in [-0.25, -0.2) is 0 Å². The average molecular weight is 704 g/mol. The molecule has 1 unspecified atom stereocenters. The van der Waals surface area contributed by atoms with Crippen molar-refractivity contribution < 1.29 is 19.1 Å². The van der Waals surface area contributed by atoms with Gasteiger partial charge in [0.2, 0.25) is 11.8 Å². The first kappa shape index (κ1) is 35.3. The summed E-state index contributed by atoms with van der Waals surface area (Å²) in [7, 11) is 2.08. The van der Waals surface area contributed by atoms with Crippen molar-refractivity contribution >= 4 is 35.0 Å². The van der Waals surface area contributed by atoms with E-state index in [4.69, 9.17) is 16.3 Å². The number of anilines is 1. The number of aryl methyl sites for hydroxylation is 1. The third kappa shape index (κ3) is 7.28. The molecule has 50 heavy (non-hydrogen) atoms. The van der Waals surface area contributed by atoms with Crippen LogP contribution in [0.25, 0.3) is 0 Å². The summed E-state index contributed by atoms with van der Waals surface area (Å²) in [5.41, 5.74) is 3.38. The quantitative estimate of drug-likeness (QED) is 0.395. The molecular formula is C40H54ClN5O4. The van der Waals surface area contributed by atoms with Crippen molar-refractivity contribution in [1.29, 1.82) is 0 Å². The fourth-order valence-corrected chi connectivity index (χ4v) is 9.40. The molecule has 5 atom stereocenters. The van der Waals surface area contributed by atoms with Gasteiger partial charge < -0.3 is 29.2 Å². The molecule has 0 aromatic heterocycles. The second-order valence-corrected chi connectivity index (χ2v) is 16.1. The summed E-state index contributed by atoms with van der Waals surface area (Å²) in [4.78, 5) is 54.6. The van der Waals surface area contributed by atoms with E-state index in [0.717, 1.165) is 62.9 Å². The average Bonchev–Trinajstić information content (AvgIpc) is 3.91. The van der Waals surface area contributed by atoms with Crippen molar-refractivity contribution in [1.82, 2.24) is 19.6 Å². The number of carbonyl (C=O) groups is 3. The van der Waals surface area contributed by atoms with Crippen LogP contribution in [0.15, 0.2) is 48.5 Å². The highest BCUT2D eigenvalue weighted by molar-refractivity contribution is 6.30. The van der Waals surface area contributed by atoms with Crippen LogP contribution in [0.2, 0.25) is 5.02 Å². The lowest BCUT2D eigenvalue weighted by atomic mass is 9.85. The fourth-order valence-electron chi connectivity index (χ4n) is 9.28. The normalized spacial score (nSPS) is 30.6. The van der Waals surface area contributed by atoms with Crippen LogP contribution in [0, 0.1) is 18.8 Å². The number of likely N-dealkylation sites (tertiary alicyclic amines) is 1. The number of rotatable bonds is 7. The van der Waals surface area contributed by atoms with Crippen molar-refractivity contribution in [2.24, 2.45) is 11.8 Å². The van der Waals surface area contributed by atoms with Crippen molar-refractivity contribution in [2.45, 2.75) is 88.9 Å². The van der Waals surface area contributed by atoms with Crippen molar-refractivity contribution in [2.75, 3.05) is 64.4 Å². The number of likely N-dealkylation sites (N-methyl/N-ethyl adjacent to an activating group) is 1. The van der Waals surface area contributed by atoms with Gasteiger partial charge >= 0.3 is 0 Å². The minimum absolute atomic E-state index is 0.0118. The number of ether oxygens (including phenoxy) is 1. The molecule has 1 aliphatic carbocycles. The minimum atomic E-state index is -0.600. The standard InChI is InChI=1S/C40H54ClN5O4/c1-27-10-16-31(17-11-27)46(40(49)37-9-6-22-50-37)32-23-36(39(48)43-20-18-42(3)19-21-43)45(24-32)38(47)34-26-44(35-8-5-4-7-28(35)2)25-33(34)29-12-14-30(41)15-13-29/h4-5,7-8,12-15,27,31-34,36-37H,6,9-11,16-26H2,1-3H3/t27?,31?,32-,33-,34+,36-,37?/m0/s1. The highest BCUT2D eigenvalue weighted by Gasteiger charge is 2.51. The molecule has 5 fully saturated rings. The Bertz CT molecular complexity index is 1520. The SMILES string of the molecule is Cc1ccccc1N1C[C@@H](C(=O)N2C[C@@H](N(C(=O)C3CCCO3)C3CCC(C)CC3)C[C@H]2C(=O)N2CCN(C)CC2)[C@H](c2ccc(Cl)cc2)C1. The van der Waals surface area contributed by atoms with Gasteiger partial charge in [0.15, 0.2) is 0 Å². The van der Waals surface area contributed by atoms with Crippen LogP contribution >= 0.6 is 11.6 Å². The van der Waals surface area contributed by atoms with E-state index in [-0.39, 0.29) is 41.6 Å². The number of para-hydroxylation sites is 1. The predicted molar refractivity (Wildman–Crippen MR) is 196 cm³/mol. The number of hydrogen-bond acceptors (Lipinski definition) is 6. The Kier molecular flexibility index (Phi) is 10.7. The zero-order chi connectivity index (χ0) is 34.9. The lowest BCUT2D eigenvalue weighted by Gasteiger charge is -2.41. The molecule has 4 saturated heterocycles. The van der Waals surface area contributed by atoms with Gasteiger partial charge in [-0.05, 0) is 94.2 Å². The molecule has 1 saturated carbocycles. The van der Waals surface area contributed by atoms with E-state index >= 15 is 4.79 Å². The number of amides is 3. The summed E-state index contributed by atoms with van der Waals surface area (Å²) in [6, 6.07) is 15.5. The number of hydrogen-bond donors (Lipinski definition) is 0. The van der Waals surface area contributed by atoms with E-state index in [1.807, 2.05) is 40.1 Å². The van der Waals surface area contributed by atoms with E-state index in [2.05, 4.69) is 53.8 Å². The van der Waals surface area contributed by atoms with E-state index < -0.39 is 12.1 Å². The van der Waals surface area contributed by atoms with Crippen LogP contribution < -0.4 is 4.90 Å². The molecule has 270 valence electrons. The molecule has 0 bridgehead atoms. The second-order valence-electron chi connectivity index (χ2n) is 15.6. The molecule has 9 nitrogen and oxygen atoms in total. The smallest absolute Gasteiger partial charge is 0.252 e. The number of benzene rings is 2. The second kappa shape index (κ2) is 15.2. The van der Waals surface area contributed by atoms with Crippen molar-refractivity contribution in [3.05, 3.63) is 64.7 Å². The summed E-state index contributed by atoms with van der Waals surface area (Å²) in [6.45, 7) is 9.57. The summed E-state index contributed by atoms with van der Waals surface area (Å²) >= 11 is 6.32. The molecule has 0 spiro atoms. The van der Waals surface area contributed by atoms with Gasteiger partial charge in [0.1, 0.15) is 12.1 Å². The molecule has 7 rings (SSSR count). The molecule has 4 heterocycles. The lowest BCUT2D eigenvalue weighted by molar-refractivity contribution is -0.148. The molecule has 10 heteroatoms.